The van der Waals surface area contributed by atoms with Gasteiger partial charge in [0.2, 0.25) is 0 Å². The van der Waals surface area contributed by atoms with Crippen LogP contribution < -0.4 is 15.0 Å². The molecule has 1 atom stereocenters. The summed E-state index contributed by atoms with van der Waals surface area (Å²) in [5.74, 6) is 2.17. The largest absolute Gasteiger partial charge is 0.486 e. The third kappa shape index (κ3) is 3.88. The Hall–Kier alpha value is -2.94. The molecule has 2 aliphatic heterocycles. The Kier molecular flexibility index (Phi) is 5.49. The molecule has 0 radical (unpaired) electrons. The zero-order chi connectivity index (χ0) is 22.2. The number of nitrogens with zero attached hydrogens (tertiary/aromatic N) is 5. The first kappa shape index (κ1) is 20.7. The van der Waals surface area contributed by atoms with Gasteiger partial charge in [0.1, 0.15) is 19.3 Å². The van der Waals surface area contributed by atoms with E-state index in [-0.39, 0.29) is 11.6 Å². The molecule has 4 heterocycles. The van der Waals surface area contributed by atoms with Crippen LogP contribution in [0.3, 0.4) is 0 Å². The molecule has 33 heavy (non-hydrogen) atoms. The van der Waals surface area contributed by atoms with Gasteiger partial charge >= 0.3 is 0 Å². The molecule has 1 saturated heterocycles. The molecule has 9 heteroatoms. The van der Waals surface area contributed by atoms with Crippen LogP contribution in [0.25, 0.3) is 10.9 Å². The zero-order valence-corrected chi connectivity index (χ0v) is 18.8. The number of pyridine rings is 1. The Morgan fingerprint density at radius 3 is 2.45 bits per heavy atom. The molecule has 1 N–H and O–H groups in total. The van der Waals surface area contributed by atoms with Crippen molar-refractivity contribution >= 4 is 10.9 Å². The maximum atomic E-state index is 13.4. The van der Waals surface area contributed by atoms with Crippen molar-refractivity contribution in [3.63, 3.8) is 0 Å². The smallest absolute Gasteiger partial charge is 0.253 e. The standard InChI is InChI=1S/C24H30N6O3/c31-24-18(13-16-14-20-21(15-19(16)25-24)33-12-11-32-20)22(29-9-5-2-6-10-29)23-26-27-28-30(23)17-7-3-1-4-8-17/h13-15,17,22H,1-12H2,(H,25,31)/t22-/m1/s1. The van der Waals surface area contributed by atoms with Gasteiger partial charge in [-0.2, -0.15) is 0 Å². The van der Waals surface area contributed by atoms with E-state index < -0.39 is 0 Å². The van der Waals surface area contributed by atoms with Gasteiger partial charge in [0.15, 0.2) is 17.3 Å². The topological polar surface area (TPSA) is 98.2 Å². The average molecular weight is 451 g/mol. The van der Waals surface area contributed by atoms with Gasteiger partial charge in [-0.3, -0.25) is 9.69 Å². The summed E-state index contributed by atoms with van der Waals surface area (Å²) in [6, 6.07) is 5.83. The Morgan fingerprint density at radius 1 is 0.939 bits per heavy atom. The van der Waals surface area contributed by atoms with Crippen molar-refractivity contribution in [2.24, 2.45) is 0 Å². The van der Waals surface area contributed by atoms with Crippen LogP contribution in [0.4, 0.5) is 0 Å². The maximum absolute atomic E-state index is 13.4. The summed E-state index contributed by atoms with van der Waals surface area (Å²) in [5.41, 5.74) is 1.33. The summed E-state index contributed by atoms with van der Waals surface area (Å²) in [7, 11) is 0. The van der Waals surface area contributed by atoms with E-state index in [9.17, 15) is 4.79 Å². The minimum absolute atomic E-state index is 0.104. The lowest BCUT2D eigenvalue weighted by molar-refractivity contribution is 0.171. The van der Waals surface area contributed by atoms with Crippen LogP contribution in [0, 0.1) is 0 Å². The normalized spacial score (nSPS) is 20.7. The highest BCUT2D eigenvalue weighted by molar-refractivity contribution is 5.83. The SMILES string of the molecule is O=c1[nH]c2cc3c(cc2cc1[C@H](c1nnnn1C1CCCCC1)N1CCCCC1)OCCO3. The monoisotopic (exact) mass is 450 g/mol. The summed E-state index contributed by atoms with van der Waals surface area (Å²) < 4.78 is 13.5. The highest BCUT2D eigenvalue weighted by atomic mass is 16.6. The van der Waals surface area contributed by atoms with Crippen LogP contribution in [0.1, 0.15) is 74.8 Å². The molecule has 9 nitrogen and oxygen atoms in total. The zero-order valence-electron chi connectivity index (χ0n) is 18.8. The fourth-order valence-corrected chi connectivity index (χ4v) is 5.60. The van der Waals surface area contributed by atoms with E-state index in [1.54, 1.807) is 0 Å². The number of aromatic amines is 1. The second-order valence-corrected chi connectivity index (χ2v) is 9.41. The first-order valence-corrected chi connectivity index (χ1v) is 12.3. The summed E-state index contributed by atoms with van der Waals surface area (Å²) in [6.07, 6.45) is 9.28. The number of likely N-dealkylation sites (tertiary alicyclic amines) is 1. The van der Waals surface area contributed by atoms with Gasteiger partial charge < -0.3 is 14.5 Å². The Balaban J connectivity index is 1.47. The van der Waals surface area contributed by atoms with Gasteiger partial charge in [-0.15, -0.1) is 5.10 Å². The van der Waals surface area contributed by atoms with Crippen molar-refractivity contribution in [2.45, 2.75) is 63.5 Å². The van der Waals surface area contributed by atoms with E-state index in [1.807, 2.05) is 22.9 Å². The maximum Gasteiger partial charge on any atom is 0.253 e. The molecule has 0 spiro atoms. The number of nitrogens with one attached hydrogen (secondary N) is 1. The number of hydrogen-bond acceptors (Lipinski definition) is 7. The van der Waals surface area contributed by atoms with Crippen molar-refractivity contribution < 1.29 is 9.47 Å². The van der Waals surface area contributed by atoms with Crippen LogP contribution in [0.5, 0.6) is 11.5 Å². The lowest BCUT2D eigenvalue weighted by Gasteiger charge is -2.34. The molecule has 2 aromatic heterocycles. The Morgan fingerprint density at radius 2 is 1.67 bits per heavy atom. The first-order valence-electron chi connectivity index (χ1n) is 12.3. The fraction of sp³-hybridized carbons (Fsp3) is 0.583. The fourth-order valence-electron chi connectivity index (χ4n) is 5.60. The molecule has 1 aliphatic carbocycles. The predicted octanol–water partition coefficient (Wildman–Crippen LogP) is 3.37. The number of hydrogen-bond donors (Lipinski definition) is 1. The van der Waals surface area contributed by atoms with E-state index in [1.165, 1.54) is 25.7 Å². The average Bonchev–Trinajstić information content (AvgIpc) is 3.34. The molecular formula is C24H30N6O3. The minimum atomic E-state index is -0.274. The van der Waals surface area contributed by atoms with Gasteiger partial charge in [-0.05, 0) is 61.3 Å². The lowest BCUT2D eigenvalue weighted by atomic mass is 9.94. The molecule has 6 rings (SSSR count). The molecule has 0 amide bonds. The van der Waals surface area contributed by atoms with Crippen molar-refractivity contribution in [1.29, 1.82) is 0 Å². The van der Waals surface area contributed by atoms with Crippen LogP contribution in [0.2, 0.25) is 0 Å². The quantitative estimate of drug-likeness (QED) is 0.651. The molecule has 174 valence electrons. The molecule has 3 aromatic rings. The molecule has 0 unspecified atom stereocenters. The first-order chi connectivity index (χ1) is 16.3. The molecular weight excluding hydrogens is 420 g/mol. The van der Waals surface area contributed by atoms with Gasteiger partial charge in [0.05, 0.1) is 11.6 Å². The number of H-pyrrole nitrogens is 1. The van der Waals surface area contributed by atoms with E-state index in [4.69, 9.17) is 9.47 Å². The summed E-state index contributed by atoms with van der Waals surface area (Å²) in [5, 5.41) is 13.9. The lowest BCUT2D eigenvalue weighted by Crippen LogP contribution is -2.39. The molecule has 3 aliphatic rings. The van der Waals surface area contributed by atoms with Crippen molar-refractivity contribution in [3.05, 3.63) is 39.9 Å². The van der Waals surface area contributed by atoms with Crippen LogP contribution >= 0.6 is 0 Å². The number of benzene rings is 1. The Labute approximate surface area is 192 Å². The second-order valence-electron chi connectivity index (χ2n) is 9.41. The second kappa shape index (κ2) is 8.78. The van der Waals surface area contributed by atoms with Crippen LogP contribution in [-0.2, 0) is 0 Å². The van der Waals surface area contributed by atoms with Gasteiger partial charge in [0, 0.05) is 17.0 Å². The number of tetrazole rings is 1. The molecule has 0 bridgehead atoms. The van der Waals surface area contributed by atoms with Crippen molar-refractivity contribution in [3.8, 4) is 11.5 Å². The van der Waals surface area contributed by atoms with Crippen molar-refractivity contribution in [2.75, 3.05) is 26.3 Å². The van der Waals surface area contributed by atoms with Gasteiger partial charge in [-0.25, -0.2) is 4.68 Å². The number of aromatic nitrogens is 5. The van der Waals surface area contributed by atoms with Crippen molar-refractivity contribution in [1.82, 2.24) is 30.1 Å². The third-order valence-electron chi connectivity index (χ3n) is 7.27. The van der Waals surface area contributed by atoms with Crippen LogP contribution in [-0.4, -0.2) is 56.4 Å². The Bertz CT molecular complexity index is 1190. The summed E-state index contributed by atoms with van der Waals surface area (Å²) in [6.45, 7) is 2.91. The number of piperidine rings is 1. The third-order valence-corrected chi connectivity index (χ3v) is 7.27. The van der Waals surface area contributed by atoms with E-state index in [0.717, 1.165) is 55.5 Å². The number of ether oxygens (including phenoxy) is 2. The predicted molar refractivity (Wildman–Crippen MR) is 123 cm³/mol. The van der Waals surface area contributed by atoms with E-state index in [2.05, 4.69) is 25.4 Å². The van der Waals surface area contributed by atoms with Crippen LogP contribution in [0.15, 0.2) is 23.0 Å². The highest BCUT2D eigenvalue weighted by Crippen LogP contribution is 2.37. The molecule has 1 aromatic carbocycles. The van der Waals surface area contributed by atoms with Gasteiger partial charge in [0.25, 0.3) is 5.56 Å². The number of rotatable bonds is 4. The van der Waals surface area contributed by atoms with E-state index in [0.29, 0.717) is 36.3 Å². The molecule has 2 fully saturated rings. The summed E-state index contributed by atoms with van der Waals surface area (Å²) >= 11 is 0. The van der Waals surface area contributed by atoms with Gasteiger partial charge in [-0.1, -0.05) is 25.7 Å². The molecule has 1 saturated carbocycles. The highest BCUT2D eigenvalue weighted by Gasteiger charge is 2.33. The van der Waals surface area contributed by atoms with E-state index >= 15 is 0 Å². The minimum Gasteiger partial charge on any atom is -0.486 e. The summed E-state index contributed by atoms with van der Waals surface area (Å²) in [4.78, 5) is 18.9. The number of fused-ring (bicyclic) bond motifs is 2.